The molecule has 0 aromatic rings. The lowest BCUT2D eigenvalue weighted by atomic mass is 9.84. The summed E-state index contributed by atoms with van der Waals surface area (Å²) in [5.74, 6) is 0.416. The summed E-state index contributed by atoms with van der Waals surface area (Å²) in [5, 5.41) is 0. The van der Waals surface area contributed by atoms with Crippen molar-refractivity contribution in [3.05, 3.63) is 0 Å². The van der Waals surface area contributed by atoms with Crippen molar-refractivity contribution in [2.75, 3.05) is 19.8 Å². The molecule has 5 heteroatoms. The second-order valence-corrected chi connectivity index (χ2v) is 5.89. The average molecular weight is 285 g/mol. The van der Waals surface area contributed by atoms with Crippen molar-refractivity contribution in [2.24, 2.45) is 5.92 Å². The third kappa shape index (κ3) is 3.58. The molecular formula is C14H25O4Si. The predicted molar refractivity (Wildman–Crippen MR) is 73.2 cm³/mol. The monoisotopic (exact) mass is 285 g/mol. The zero-order chi connectivity index (χ0) is 13.9. The van der Waals surface area contributed by atoms with Crippen LogP contribution >= 0.6 is 0 Å². The van der Waals surface area contributed by atoms with Crippen LogP contribution in [0.4, 0.5) is 0 Å². The van der Waals surface area contributed by atoms with Gasteiger partial charge in [0, 0.05) is 19.8 Å². The molecule has 4 unspecified atom stereocenters. The maximum Gasteiger partial charge on any atom is 0.169 e. The molecule has 0 aromatic carbocycles. The van der Waals surface area contributed by atoms with Gasteiger partial charge >= 0.3 is 0 Å². The van der Waals surface area contributed by atoms with Crippen molar-refractivity contribution < 1.29 is 18.9 Å². The van der Waals surface area contributed by atoms with Gasteiger partial charge in [-0.15, -0.1) is 0 Å². The Morgan fingerprint density at radius 1 is 1.11 bits per heavy atom. The number of ether oxygens (including phenoxy) is 4. The van der Waals surface area contributed by atoms with Crippen molar-refractivity contribution >= 4 is 10.2 Å². The van der Waals surface area contributed by atoms with Crippen molar-refractivity contribution in [1.29, 1.82) is 0 Å². The SMILES string of the molecule is CCOC(C1CCC2OC2C1)C([Si])(OCC)OCC. The van der Waals surface area contributed by atoms with E-state index in [9.17, 15) is 0 Å². The summed E-state index contributed by atoms with van der Waals surface area (Å²) in [6, 6.07) is 0. The van der Waals surface area contributed by atoms with E-state index in [0.29, 0.717) is 37.9 Å². The van der Waals surface area contributed by atoms with E-state index in [1.807, 2.05) is 20.8 Å². The zero-order valence-electron chi connectivity index (χ0n) is 12.2. The van der Waals surface area contributed by atoms with Gasteiger partial charge in [-0.05, 0) is 46.0 Å². The number of fused-ring (bicyclic) bond motifs is 1. The van der Waals surface area contributed by atoms with Gasteiger partial charge in [0.1, 0.15) is 16.3 Å². The molecule has 109 valence electrons. The molecule has 1 heterocycles. The summed E-state index contributed by atoms with van der Waals surface area (Å²) in [5.41, 5.74) is -0.841. The molecule has 3 radical (unpaired) electrons. The number of hydrogen-bond acceptors (Lipinski definition) is 4. The highest BCUT2D eigenvalue weighted by molar-refractivity contribution is 6.14. The van der Waals surface area contributed by atoms with Crippen LogP contribution in [0.25, 0.3) is 0 Å². The molecule has 2 rings (SSSR count). The molecule has 2 fully saturated rings. The van der Waals surface area contributed by atoms with Gasteiger partial charge in [-0.3, -0.25) is 0 Å². The highest BCUT2D eigenvalue weighted by Crippen LogP contribution is 2.43. The maximum absolute atomic E-state index is 5.96. The normalized spacial score (nSPS) is 31.9. The molecule has 1 saturated carbocycles. The van der Waals surface area contributed by atoms with Gasteiger partial charge in [-0.25, -0.2) is 0 Å². The lowest BCUT2D eigenvalue weighted by Gasteiger charge is -2.41. The molecule has 4 atom stereocenters. The summed E-state index contributed by atoms with van der Waals surface area (Å²) in [6.07, 6.45) is 4.11. The fraction of sp³-hybridized carbons (Fsp3) is 1.00. The molecule has 0 bridgehead atoms. The molecule has 4 nitrogen and oxygen atoms in total. The van der Waals surface area contributed by atoms with Crippen LogP contribution in [0.1, 0.15) is 40.0 Å². The molecule has 2 aliphatic rings. The Morgan fingerprint density at radius 3 is 2.32 bits per heavy atom. The van der Waals surface area contributed by atoms with Gasteiger partial charge in [0.25, 0.3) is 0 Å². The second kappa shape index (κ2) is 6.67. The van der Waals surface area contributed by atoms with Gasteiger partial charge in [-0.2, -0.15) is 0 Å². The quantitative estimate of drug-likeness (QED) is 0.388. The Hall–Kier alpha value is 0.0569. The minimum Gasteiger partial charge on any atom is -0.373 e. The summed E-state index contributed by atoms with van der Waals surface area (Å²) >= 11 is 0. The number of hydrogen-bond donors (Lipinski definition) is 0. The van der Waals surface area contributed by atoms with E-state index in [4.69, 9.17) is 18.9 Å². The molecule has 0 spiro atoms. The minimum atomic E-state index is -0.841. The smallest absolute Gasteiger partial charge is 0.169 e. The Kier molecular flexibility index (Phi) is 5.43. The first-order valence-electron chi connectivity index (χ1n) is 7.44. The lowest BCUT2D eigenvalue weighted by molar-refractivity contribution is -0.249. The van der Waals surface area contributed by atoms with Gasteiger partial charge in [0.15, 0.2) is 5.41 Å². The largest absolute Gasteiger partial charge is 0.373 e. The fourth-order valence-electron chi connectivity index (χ4n) is 3.08. The highest BCUT2D eigenvalue weighted by atomic mass is 28.1. The summed E-state index contributed by atoms with van der Waals surface area (Å²) in [6.45, 7) is 7.78. The van der Waals surface area contributed by atoms with Crippen molar-refractivity contribution in [2.45, 2.75) is 63.8 Å². The molecule has 19 heavy (non-hydrogen) atoms. The Balaban J connectivity index is 2.06. The maximum atomic E-state index is 5.96. The van der Waals surface area contributed by atoms with Gasteiger partial charge in [0.2, 0.25) is 0 Å². The molecule has 1 aliphatic carbocycles. The minimum absolute atomic E-state index is 0.0979. The van der Waals surface area contributed by atoms with E-state index in [2.05, 4.69) is 10.2 Å². The van der Waals surface area contributed by atoms with Crippen LogP contribution in [-0.2, 0) is 18.9 Å². The first kappa shape index (κ1) is 15.4. The van der Waals surface area contributed by atoms with E-state index in [0.717, 1.165) is 19.3 Å². The van der Waals surface area contributed by atoms with Gasteiger partial charge < -0.3 is 18.9 Å². The van der Waals surface area contributed by atoms with E-state index in [1.54, 1.807) is 0 Å². The predicted octanol–water partition coefficient (Wildman–Crippen LogP) is 1.85. The molecule has 1 aliphatic heterocycles. The Morgan fingerprint density at radius 2 is 1.79 bits per heavy atom. The van der Waals surface area contributed by atoms with Crippen LogP contribution in [0.2, 0.25) is 0 Å². The van der Waals surface area contributed by atoms with Crippen LogP contribution in [0.15, 0.2) is 0 Å². The molecule has 1 saturated heterocycles. The van der Waals surface area contributed by atoms with Gasteiger partial charge in [0.05, 0.1) is 12.2 Å². The van der Waals surface area contributed by atoms with Crippen LogP contribution in [0, 0.1) is 5.92 Å². The number of epoxide rings is 1. The topological polar surface area (TPSA) is 40.2 Å². The van der Waals surface area contributed by atoms with E-state index < -0.39 is 5.41 Å². The van der Waals surface area contributed by atoms with Crippen LogP contribution < -0.4 is 0 Å². The summed E-state index contributed by atoms with van der Waals surface area (Å²) in [4.78, 5) is 0. The summed E-state index contributed by atoms with van der Waals surface area (Å²) in [7, 11) is 3.69. The first-order chi connectivity index (χ1) is 9.14. The summed E-state index contributed by atoms with van der Waals surface area (Å²) < 4.78 is 23.2. The Labute approximate surface area is 119 Å². The van der Waals surface area contributed by atoms with Crippen molar-refractivity contribution in [1.82, 2.24) is 0 Å². The first-order valence-corrected chi connectivity index (χ1v) is 7.94. The van der Waals surface area contributed by atoms with Gasteiger partial charge in [-0.1, -0.05) is 0 Å². The lowest BCUT2D eigenvalue weighted by Crippen LogP contribution is -2.53. The standard InChI is InChI=1S/C14H25O4Si/c1-4-15-13(14(19,16-5-2)17-6-3)10-7-8-11-12(9-10)18-11/h10-13H,4-9H2,1-3H3. The fourth-order valence-corrected chi connectivity index (χ4v) is 3.69. The molecule has 0 aromatic heterocycles. The Bertz CT molecular complexity index is 281. The molecular weight excluding hydrogens is 260 g/mol. The third-order valence-corrected chi connectivity index (χ3v) is 4.48. The van der Waals surface area contributed by atoms with Crippen molar-refractivity contribution in [3.8, 4) is 0 Å². The van der Waals surface area contributed by atoms with Crippen LogP contribution in [0.5, 0.6) is 0 Å². The molecule has 0 amide bonds. The third-order valence-electron chi connectivity index (χ3n) is 3.91. The van der Waals surface area contributed by atoms with Crippen LogP contribution in [-0.4, -0.2) is 53.8 Å². The van der Waals surface area contributed by atoms with E-state index in [-0.39, 0.29) is 6.10 Å². The van der Waals surface area contributed by atoms with Crippen molar-refractivity contribution in [3.63, 3.8) is 0 Å². The van der Waals surface area contributed by atoms with E-state index in [1.165, 1.54) is 0 Å². The zero-order valence-corrected chi connectivity index (χ0v) is 13.2. The van der Waals surface area contributed by atoms with E-state index >= 15 is 0 Å². The highest BCUT2D eigenvalue weighted by Gasteiger charge is 2.50. The average Bonchev–Trinajstić information content (AvgIpc) is 3.14. The number of rotatable bonds is 8. The second-order valence-electron chi connectivity index (χ2n) is 5.20. The molecule has 0 N–H and O–H groups in total. The van der Waals surface area contributed by atoms with Crippen LogP contribution in [0.3, 0.4) is 0 Å².